The minimum Gasteiger partial charge on any atom is -0.454 e. The summed E-state index contributed by atoms with van der Waals surface area (Å²) in [5.74, 6) is 1.70. The topological polar surface area (TPSA) is 43.0 Å². The number of thiophene rings is 1. The summed E-state index contributed by atoms with van der Waals surface area (Å²) < 4.78 is 16.5. The van der Waals surface area contributed by atoms with Crippen molar-refractivity contribution in [3.05, 3.63) is 40.6 Å². The van der Waals surface area contributed by atoms with Crippen molar-refractivity contribution < 1.29 is 14.2 Å². The highest BCUT2D eigenvalue weighted by atomic mass is 32.1. The molecule has 1 unspecified atom stereocenters. The van der Waals surface area contributed by atoms with Crippen molar-refractivity contribution >= 4 is 17.0 Å². The molecule has 1 N–H and O–H groups in total. The van der Waals surface area contributed by atoms with Crippen LogP contribution in [0.3, 0.4) is 0 Å². The molecule has 0 radical (unpaired) electrons. The molecule has 5 nitrogen and oxygen atoms in total. The summed E-state index contributed by atoms with van der Waals surface area (Å²) in [5, 5.41) is 5.79. The molecule has 0 spiro atoms. The maximum absolute atomic E-state index is 5.63. The van der Waals surface area contributed by atoms with E-state index < -0.39 is 0 Å². The molecule has 0 saturated carbocycles. The minimum atomic E-state index is 0.145. The molecule has 4 rings (SSSR count). The fourth-order valence-electron chi connectivity index (χ4n) is 3.47. The summed E-state index contributed by atoms with van der Waals surface area (Å²) in [4.78, 5) is 3.71. The van der Waals surface area contributed by atoms with Gasteiger partial charge in [0, 0.05) is 49.4 Å². The Morgan fingerprint density at radius 3 is 2.84 bits per heavy atom. The lowest BCUT2D eigenvalue weighted by molar-refractivity contribution is 0.101. The number of hydrogen-bond donors (Lipinski definition) is 1. The highest BCUT2D eigenvalue weighted by molar-refractivity contribution is 7.10. The normalized spacial score (nSPS) is 18.5. The predicted molar refractivity (Wildman–Crippen MR) is 99.9 cm³/mol. The lowest BCUT2D eigenvalue weighted by atomic mass is 10.0. The highest BCUT2D eigenvalue weighted by Crippen LogP contribution is 2.36. The van der Waals surface area contributed by atoms with Crippen molar-refractivity contribution in [2.45, 2.75) is 25.0 Å². The van der Waals surface area contributed by atoms with E-state index in [0.717, 1.165) is 44.0 Å². The van der Waals surface area contributed by atoms with Gasteiger partial charge >= 0.3 is 0 Å². The first-order valence-corrected chi connectivity index (χ1v) is 9.65. The largest absolute Gasteiger partial charge is 0.454 e. The van der Waals surface area contributed by atoms with Crippen LogP contribution in [0.15, 0.2) is 35.7 Å². The van der Waals surface area contributed by atoms with Crippen molar-refractivity contribution in [2.75, 3.05) is 38.4 Å². The van der Waals surface area contributed by atoms with Gasteiger partial charge in [0.05, 0.1) is 0 Å². The van der Waals surface area contributed by atoms with Crippen LogP contribution in [0.25, 0.3) is 0 Å². The summed E-state index contributed by atoms with van der Waals surface area (Å²) >= 11 is 1.75. The number of fused-ring (bicyclic) bond motifs is 1. The van der Waals surface area contributed by atoms with Gasteiger partial charge in [-0.1, -0.05) is 6.07 Å². The van der Waals surface area contributed by atoms with Gasteiger partial charge in [0.2, 0.25) is 6.79 Å². The molecular formula is C19H24N2O3S. The summed E-state index contributed by atoms with van der Waals surface area (Å²) in [6.45, 7) is 3.29. The summed E-state index contributed by atoms with van der Waals surface area (Å²) in [6.07, 6.45) is 2.41. The molecular weight excluding hydrogens is 336 g/mol. The second kappa shape index (κ2) is 7.64. The number of hydrogen-bond acceptors (Lipinski definition) is 6. The zero-order valence-corrected chi connectivity index (χ0v) is 15.3. The first-order chi connectivity index (χ1) is 12.3. The van der Waals surface area contributed by atoms with Gasteiger partial charge in [-0.2, -0.15) is 0 Å². The molecule has 0 bridgehead atoms. The van der Waals surface area contributed by atoms with Crippen LogP contribution in [-0.2, 0) is 4.74 Å². The number of methoxy groups -OCH3 is 1. The van der Waals surface area contributed by atoms with Crippen LogP contribution in [0, 0.1) is 0 Å². The van der Waals surface area contributed by atoms with Crippen LogP contribution in [0.2, 0.25) is 0 Å². The monoisotopic (exact) mass is 360 g/mol. The molecule has 1 aromatic heterocycles. The maximum Gasteiger partial charge on any atom is 0.231 e. The van der Waals surface area contributed by atoms with E-state index in [1.54, 1.807) is 18.4 Å². The first kappa shape index (κ1) is 16.7. The smallest absolute Gasteiger partial charge is 0.231 e. The maximum atomic E-state index is 5.63. The molecule has 2 aliphatic heterocycles. The Kier molecular flexibility index (Phi) is 5.10. The van der Waals surface area contributed by atoms with Crippen LogP contribution in [-0.4, -0.2) is 39.6 Å². The van der Waals surface area contributed by atoms with Crippen LogP contribution < -0.4 is 19.7 Å². The molecule has 25 heavy (non-hydrogen) atoms. The van der Waals surface area contributed by atoms with Crippen molar-refractivity contribution in [2.24, 2.45) is 0 Å². The van der Waals surface area contributed by atoms with E-state index in [0.29, 0.717) is 12.8 Å². The Bertz CT molecular complexity index is 684. The average molecular weight is 360 g/mol. The fraction of sp³-hybridized carbons (Fsp3) is 0.474. The molecule has 1 fully saturated rings. The van der Waals surface area contributed by atoms with Gasteiger partial charge in [0.25, 0.3) is 0 Å². The van der Waals surface area contributed by atoms with Crippen molar-refractivity contribution in [1.29, 1.82) is 0 Å². The van der Waals surface area contributed by atoms with Gasteiger partial charge in [0.15, 0.2) is 11.5 Å². The molecule has 1 aromatic carbocycles. The number of nitrogens with zero attached hydrogens (tertiary/aromatic N) is 1. The number of anilines is 1. The van der Waals surface area contributed by atoms with E-state index in [4.69, 9.17) is 14.2 Å². The van der Waals surface area contributed by atoms with Gasteiger partial charge in [-0.15, -0.1) is 11.3 Å². The number of nitrogens with one attached hydrogen (secondary N) is 1. The average Bonchev–Trinajstić information content (AvgIpc) is 3.34. The molecule has 6 heteroatoms. The van der Waals surface area contributed by atoms with E-state index >= 15 is 0 Å². The molecule has 0 aliphatic carbocycles. The van der Waals surface area contributed by atoms with Crippen LogP contribution >= 0.6 is 11.3 Å². The van der Waals surface area contributed by atoms with Gasteiger partial charge in [-0.3, -0.25) is 0 Å². The Morgan fingerprint density at radius 2 is 2.08 bits per heavy atom. The van der Waals surface area contributed by atoms with Crippen LogP contribution in [0.1, 0.15) is 23.8 Å². The van der Waals surface area contributed by atoms with Crippen molar-refractivity contribution in [3.63, 3.8) is 0 Å². The van der Waals surface area contributed by atoms with Crippen LogP contribution in [0.4, 0.5) is 5.69 Å². The second-order valence-corrected chi connectivity index (χ2v) is 7.43. The second-order valence-electron chi connectivity index (χ2n) is 6.45. The Labute approximate surface area is 152 Å². The summed E-state index contributed by atoms with van der Waals surface area (Å²) in [6, 6.07) is 11.0. The Balaban J connectivity index is 1.28. The minimum absolute atomic E-state index is 0.145. The number of ether oxygens (including phenoxy) is 3. The number of rotatable bonds is 6. The molecule has 0 amide bonds. The van der Waals surface area contributed by atoms with Gasteiger partial charge < -0.3 is 24.4 Å². The van der Waals surface area contributed by atoms with E-state index in [2.05, 4.69) is 39.9 Å². The lowest BCUT2D eigenvalue weighted by Crippen LogP contribution is -2.43. The zero-order valence-electron chi connectivity index (χ0n) is 14.4. The molecule has 3 heterocycles. The summed E-state index contributed by atoms with van der Waals surface area (Å²) in [5.41, 5.74) is 1.22. The molecule has 1 saturated heterocycles. The zero-order chi connectivity index (χ0) is 17.1. The van der Waals surface area contributed by atoms with E-state index in [1.807, 2.05) is 6.07 Å². The third-order valence-electron chi connectivity index (χ3n) is 4.95. The Morgan fingerprint density at radius 1 is 1.24 bits per heavy atom. The molecule has 1 atom stereocenters. The van der Waals surface area contributed by atoms with Gasteiger partial charge in [0.1, 0.15) is 6.10 Å². The molecule has 2 aliphatic rings. The number of benzene rings is 1. The SMILES string of the molecule is COC(CNC1CCN(c2ccc3c(c2)OCO3)CC1)c1cccs1. The molecule has 2 aromatic rings. The third kappa shape index (κ3) is 3.76. The fourth-order valence-corrected chi connectivity index (χ4v) is 4.27. The van der Waals surface area contributed by atoms with E-state index in [1.165, 1.54) is 10.6 Å². The first-order valence-electron chi connectivity index (χ1n) is 8.77. The van der Waals surface area contributed by atoms with E-state index in [9.17, 15) is 0 Å². The third-order valence-corrected chi connectivity index (χ3v) is 5.92. The van der Waals surface area contributed by atoms with Gasteiger partial charge in [-0.25, -0.2) is 0 Å². The quantitative estimate of drug-likeness (QED) is 0.855. The molecule has 134 valence electrons. The van der Waals surface area contributed by atoms with Gasteiger partial charge in [-0.05, 0) is 36.4 Å². The standard InChI is InChI=1S/C19H24N2O3S/c1-22-18(19-3-2-10-25-19)12-20-14-6-8-21(9-7-14)15-4-5-16-17(11-15)24-13-23-16/h2-5,10-11,14,18,20H,6-9,12-13H2,1H3. The van der Waals surface area contributed by atoms with Crippen LogP contribution in [0.5, 0.6) is 11.5 Å². The van der Waals surface area contributed by atoms with Crippen molar-refractivity contribution in [1.82, 2.24) is 5.32 Å². The van der Waals surface area contributed by atoms with E-state index in [-0.39, 0.29) is 6.10 Å². The summed E-state index contributed by atoms with van der Waals surface area (Å²) in [7, 11) is 1.79. The lowest BCUT2D eigenvalue weighted by Gasteiger charge is -2.34. The van der Waals surface area contributed by atoms with Crippen molar-refractivity contribution in [3.8, 4) is 11.5 Å². The number of piperidine rings is 1. The Hall–Kier alpha value is -1.76. The predicted octanol–water partition coefficient (Wildman–Crippen LogP) is 3.42. The highest BCUT2D eigenvalue weighted by Gasteiger charge is 2.22.